The number of esters is 1. The number of hydrogen-bond acceptors (Lipinski definition) is 2. The largest absolute Gasteiger partial charge is 0.462 e. The molecule has 0 N–H and O–H groups in total. The molecular formula is C11H21FO2. The summed E-state index contributed by atoms with van der Waals surface area (Å²) in [5.41, 5.74) is 0. The number of halogens is 1. The van der Waals surface area contributed by atoms with E-state index >= 15 is 0 Å². The zero-order valence-corrected chi connectivity index (χ0v) is 9.12. The van der Waals surface area contributed by atoms with Gasteiger partial charge in [0, 0.05) is 6.08 Å². The van der Waals surface area contributed by atoms with Gasteiger partial charge in [0.05, 0.1) is 6.61 Å². The first-order valence-electron chi connectivity index (χ1n) is 5.03. The van der Waals surface area contributed by atoms with Gasteiger partial charge in [-0.3, -0.25) is 4.70 Å². The van der Waals surface area contributed by atoms with Crippen LogP contribution in [0.2, 0.25) is 0 Å². The summed E-state index contributed by atoms with van der Waals surface area (Å²) in [6, 6.07) is 0. The quantitative estimate of drug-likeness (QED) is 0.470. The van der Waals surface area contributed by atoms with Crippen molar-refractivity contribution >= 4 is 5.97 Å². The molecule has 0 saturated carbocycles. The predicted octanol–water partition coefficient (Wildman–Crippen LogP) is 3.08. The Balaban J connectivity index is 0. The van der Waals surface area contributed by atoms with Crippen molar-refractivity contribution in [2.45, 2.75) is 39.5 Å². The lowest BCUT2D eigenvalue weighted by atomic mass is 10.0. The van der Waals surface area contributed by atoms with Gasteiger partial charge in [0.2, 0.25) is 0 Å². The molecule has 1 atom stereocenters. The van der Waals surface area contributed by atoms with E-state index in [1.807, 2.05) is 0 Å². The van der Waals surface area contributed by atoms with Gasteiger partial charge in [-0.25, -0.2) is 4.79 Å². The van der Waals surface area contributed by atoms with Crippen molar-refractivity contribution in [3.05, 3.63) is 12.7 Å². The number of unbranched alkanes of at least 4 members (excludes halogenated alkanes) is 1. The van der Waals surface area contributed by atoms with Gasteiger partial charge in [0.1, 0.15) is 0 Å². The minimum atomic E-state index is -0.310. The molecule has 0 aromatic heterocycles. The summed E-state index contributed by atoms with van der Waals surface area (Å²) in [6.07, 6.45) is 5.85. The molecule has 84 valence electrons. The first kappa shape index (κ1) is 15.6. The Morgan fingerprint density at radius 2 is 2.14 bits per heavy atom. The fourth-order valence-corrected chi connectivity index (χ4v) is 1.16. The zero-order valence-electron chi connectivity index (χ0n) is 9.12. The van der Waals surface area contributed by atoms with E-state index in [0.717, 1.165) is 12.8 Å². The van der Waals surface area contributed by atoms with E-state index in [2.05, 4.69) is 20.4 Å². The summed E-state index contributed by atoms with van der Waals surface area (Å²) in [7, 11) is 0. The molecule has 0 aliphatic heterocycles. The molecule has 0 aromatic carbocycles. The predicted molar refractivity (Wildman–Crippen MR) is 57.0 cm³/mol. The van der Waals surface area contributed by atoms with Crippen LogP contribution in [0.4, 0.5) is 4.70 Å². The van der Waals surface area contributed by atoms with Gasteiger partial charge in [-0.1, -0.05) is 39.7 Å². The third-order valence-electron chi connectivity index (χ3n) is 2.17. The van der Waals surface area contributed by atoms with E-state index in [0.29, 0.717) is 12.5 Å². The highest BCUT2D eigenvalue weighted by atomic mass is 19.0. The summed E-state index contributed by atoms with van der Waals surface area (Å²) in [5.74, 6) is 0.207. The van der Waals surface area contributed by atoms with E-state index < -0.39 is 0 Å². The normalized spacial score (nSPS) is 11.3. The number of hydrogen-bond donors (Lipinski definition) is 0. The standard InChI is InChI=1S/C11H20O2.FH/c1-4-7-8-10(5-2)9-13-11(12)6-3;/h6,10H,3-5,7-9H2,1-2H3;1H. The van der Waals surface area contributed by atoms with Crippen LogP contribution in [0.15, 0.2) is 12.7 Å². The second-order valence-corrected chi connectivity index (χ2v) is 3.25. The SMILES string of the molecule is C=CC(=O)OCC(CC)CCCC.F. The molecule has 2 nitrogen and oxygen atoms in total. The maximum absolute atomic E-state index is 10.8. The molecular weight excluding hydrogens is 183 g/mol. The van der Waals surface area contributed by atoms with Gasteiger partial charge in [-0.05, 0) is 12.3 Å². The van der Waals surface area contributed by atoms with Crippen molar-refractivity contribution in [2.75, 3.05) is 6.61 Å². The highest BCUT2D eigenvalue weighted by molar-refractivity contribution is 5.81. The fraction of sp³-hybridized carbons (Fsp3) is 0.727. The van der Waals surface area contributed by atoms with Crippen molar-refractivity contribution in [3.8, 4) is 0 Å². The van der Waals surface area contributed by atoms with Crippen molar-refractivity contribution in [2.24, 2.45) is 5.92 Å². The fourth-order valence-electron chi connectivity index (χ4n) is 1.16. The maximum atomic E-state index is 10.8. The third kappa shape index (κ3) is 7.77. The van der Waals surface area contributed by atoms with E-state index in [-0.39, 0.29) is 10.7 Å². The van der Waals surface area contributed by atoms with Gasteiger partial charge in [0.25, 0.3) is 0 Å². The van der Waals surface area contributed by atoms with Crippen LogP contribution in [-0.2, 0) is 9.53 Å². The lowest BCUT2D eigenvalue weighted by Gasteiger charge is -2.13. The van der Waals surface area contributed by atoms with Crippen molar-refractivity contribution in [3.63, 3.8) is 0 Å². The Kier molecular flexibility index (Phi) is 11.4. The minimum absolute atomic E-state index is 0. The molecule has 1 unspecified atom stereocenters. The molecule has 0 aliphatic rings. The smallest absolute Gasteiger partial charge is 0.330 e. The summed E-state index contributed by atoms with van der Waals surface area (Å²) in [6.45, 7) is 8.19. The second kappa shape index (κ2) is 10.2. The van der Waals surface area contributed by atoms with Crippen LogP contribution < -0.4 is 0 Å². The molecule has 0 radical (unpaired) electrons. The summed E-state index contributed by atoms with van der Waals surface area (Å²) >= 11 is 0. The van der Waals surface area contributed by atoms with Crippen LogP contribution in [0.3, 0.4) is 0 Å². The van der Waals surface area contributed by atoms with Gasteiger partial charge in [-0.2, -0.15) is 0 Å². The zero-order chi connectivity index (χ0) is 10.1. The molecule has 3 heteroatoms. The van der Waals surface area contributed by atoms with Crippen LogP contribution in [0, 0.1) is 5.92 Å². The van der Waals surface area contributed by atoms with Crippen molar-refractivity contribution in [1.82, 2.24) is 0 Å². The van der Waals surface area contributed by atoms with Gasteiger partial charge in [-0.15, -0.1) is 0 Å². The number of carbonyl (C=O) groups is 1. The lowest BCUT2D eigenvalue weighted by Crippen LogP contribution is -2.12. The molecule has 0 aromatic rings. The molecule has 0 amide bonds. The van der Waals surface area contributed by atoms with E-state index in [9.17, 15) is 4.79 Å². The van der Waals surface area contributed by atoms with Crippen molar-refractivity contribution in [1.29, 1.82) is 0 Å². The number of ether oxygens (including phenoxy) is 1. The molecule has 0 fully saturated rings. The molecule has 0 heterocycles. The summed E-state index contributed by atoms with van der Waals surface area (Å²) in [5, 5.41) is 0. The molecule has 0 spiro atoms. The lowest BCUT2D eigenvalue weighted by molar-refractivity contribution is -0.139. The first-order chi connectivity index (χ1) is 6.24. The van der Waals surface area contributed by atoms with Crippen LogP contribution in [0.25, 0.3) is 0 Å². The van der Waals surface area contributed by atoms with Crippen LogP contribution in [0.1, 0.15) is 39.5 Å². The second-order valence-electron chi connectivity index (χ2n) is 3.25. The topological polar surface area (TPSA) is 26.3 Å². The molecule has 0 aliphatic carbocycles. The summed E-state index contributed by atoms with van der Waals surface area (Å²) < 4.78 is 4.98. The monoisotopic (exact) mass is 204 g/mol. The van der Waals surface area contributed by atoms with E-state index in [1.165, 1.54) is 18.9 Å². The Morgan fingerprint density at radius 3 is 2.57 bits per heavy atom. The van der Waals surface area contributed by atoms with Gasteiger partial charge in [0.15, 0.2) is 0 Å². The number of carbonyl (C=O) groups excluding carboxylic acids is 1. The Labute approximate surface area is 85.7 Å². The molecule has 0 bridgehead atoms. The summed E-state index contributed by atoms with van der Waals surface area (Å²) in [4.78, 5) is 10.8. The highest BCUT2D eigenvalue weighted by Crippen LogP contribution is 2.12. The van der Waals surface area contributed by atoms with Crippen LogP contribution in [-0.4, -0.2) is 12.6 Å². The average Bonchev–Trinajstić information content (AvgIpc) is 2.17. The highest BCUT2D eigenvalue weighted by Gasteiger charge is 2.07. The van der Waals surface area contributed by atoms with Crippen LogP contribution >= 0.6 is 0 Å². The minimum Gasteiger partial charge on any atom is -0.462 e. The Hall–Kier alpha value is -0.860. The Morgan fingerprint density at radius 1 is 1.50 bits per heavy atom. The number of rotatable bonds is 7. The third-order valence-corrected chi connectivity index (χ3v) is 2.17. The van der Waals surface area contributed by atoms with E-state index in [4.69, 9.17) is 4.74 Å². The Bertz CT molecular complexity index is 157. The van der Waals surface area contributed by atoms with Crippen molar-refractivity contribution < 1.29 is 14.2 Å². The molecule has 0 rings (SSSR count). The maximum Gasteiger partial charge on any atom is 0.330 e. The van der Waals surface area contributed by atoms with E-state index in [1.54, 1.807) is 0 Å². The molecule has 0 saturated heterocycles. The average molecular weight is 204 g/mol. The van der Waals surface area contributed by atoms with Crippen LogP contribution in [0.5, 0.6) is 0 Å². The van der Waals surface area contributed by atoms with Gasteiger partial charge < -0.3 is 4.74 Å². The molecule has 14 heavy (non-hydrogen) atoms. The first-order valence-corrected chi connectivity index (χ1v) is 5.03. The van der Waals surface area contributed by atoms with Gasteiger partial charge >= 0.3 is 5.97 Å².